The molecule has 2 aromatic heterocycles. The molecule has 5 rings (SSSR count). The van der Waals surface area contributed by atoms with Gasteiger partial charge in [0.2, 0.25) is 0 Å². The third kappa shape index (κ3) is 3.81. The minimum atomic E-state index is -0.448. The van der Waals surface area contributed by atoms with E-state index in [0.717, 1.165) is 27.2 Å². The van der Waals surface area contributed by atoms with Crippen molar-refractivity contribution in [1.82, 2.24) is 14.9 Å². The van der Waals surface area contributed by atoms with Crippen molar-refractivity contribution in [2.24, 2.45) is 0 Å². The molecule has 0 amide bonds. The van der Waals surface area contributed by atoms with E-state index in [-0.39, 0.29) is 17.1 Å². The molecule has 32 heavy (non-hydrogen) atoms. The van der Waals surface area contributed by atoms with Crippen molar-refractivity contribution in [3.63, 3.8) is 0 Å². The van der Waals surface area contributed by atoms with E-state index < -0.39 is 5.82 Å². The second kappa shape index (κ2) is 8.65. The summed E-state index contributed by atoms with van der Waals surface area (Å²) in [4.78, 5) is 6.68. The number of anilines is 1. The molecule has 0 radical (unpaired) electrons. The molecule has 1 saturated heterocycles. The summed E-state index contributed by atoms with van der Waals surface area (Å²) in [7, 11) is 0. The summed E-state index contributed by atoms with van der Waals surface area (Å²) in [6.45, 7) is 0. The Morgan fingerprint density at radius 2 is 1.78 bits per heavy atom. The second-order valence-electron chi connectivity index (χ2n) is 7.37. The van der Waals surface area contributed by atoms with E-state index in [0.29, 0.717) is 5.11 Å². The van der Waals surface area contributed by atoms with Gasteiger partial charge < -0.3 is 14.8 Å². The maximum absolute atomic E-state index is 13.8. The number of hydrogen-bond donors (Lipinski definition) is 1. The van der Waals surface area contributed by atoms with Gasteiger partial charge in [0.05, 0.1) is 16.8 Å². The number of nitrogens with zero attached hydrogens (tertiary/aromatic N) is 3. The van der Waals surface area contributed by atoms with Crippen molar-refractivity contribution >= 4 is 50.5 Å². The fraction of sp³-hybridized carbons (Fsp3) is 0.0833. The molecule has 1 aliphatic heterocycles. The van der Waals surface area contributed by atoms with E-state index in [1.165, 1.54) is 6.07 Å². The average molecular weight is 528 g/mol. The van der Waals surface area contributed by atoms with E-state index in [2.05, 4.69) is 31.1 Å². The largest absolute Gasteiger partial charge is 0.351 e. The van der Waals surface area contributed by atoms with Crippen molar-refractivity contribution in [1.29, 1.82) is 0 Å². The number of thiocarbonyl (C=S) groups is 1. The summed E-state index contributed by atoms with van der Waals surface area (Å²) >= 11 is 15.4. The fourth-order valence-electron chi connectivity index (χ4n) is 4.04. The Morgan fingerprint density at radius 1 is 1.00 bits per heavy atom. The lowest BCUT2D eigenvalue weighted by Gasteiger charge is -2.29. The molecule has 2 aromatic carbocycles. The van der Waals surface area contributed by atoms with E-state index in [1.807, 2.05) is 65.4 Å². The molecule has 8 heteroatoms. The third-order valence-electron chi connectivity index (χ3n) is 5.47. The van der Waals surface area contributed by atoms with Gasteiger partial charge in [0.15, 0.2) is 5.11 Å². The maximum Gasteiger partial charge on any atom is 0.174 e. The highest BCUT2D eigenvalue weighted by atomic mass is 79.9. The molecule has 3 heterocycles. The van der Waals surface area contributed by atoms with Crippen LogP contribution in [-0.4, -0.2) is 14.7 Å². The monoisotopic (exact) mass is 526 g/mol. The van der Waals surface area contributed by atoms with Crippen LogP contribution >= 0.6 is 39.7 Å². The third-order valence-corrected chi connectivity index (χ3v) is 6.60. The summed E-state index contributed by atoms with van der Waals surface area (Å²) < 4.78 is 16.8. The van der Waals surface area contributed by atoms with Gasteiger partial charge in [0.25, 0.3) is 0 Å². The number of benzene rings is 2. The van der Waals surface area contributed by atoms with Gasteiger partial charge in [-0.1, -0.05) is 33.6 Å². The predicted octanol–water partition coefficient (Wildman–Crippen LogP) is 6.60. The van der Waals surface area contributed by atoms with Crippen molar-refractivity contribution < 1.29 is 4.39 Å². The first-order valence-corrected chi connectivity index (χ1v) is 11.5. The van der Waals surface area contributed by atoms with E-state index in [9.17, 15) is 4.39 Å². The van der Waals surface area contributed by atoms with E-state index in [1.54, 1.807) is 18.3 Å². The van der Waals surface area contributed by atoms with E-state index >= 15 is 0 Å². The number of hydrogen-bond acceptors (Lipinski definition) is 2. The lowest BCUT2D eigenvalue weighted by Crippen LogP contribution is -2.30. The quantitative estimate of drug-likeness (QED) is 0.303. The summed E-state index contributed by atoms with van der Waals surface area (Å²) in [5, 5.41) is 4.14. The van der Waals surface area contributed by atoms with Crippen LogP contribution < -0.4 is 10.2 Å². The molecule has 0 aliphatic carbocycles. The molecule has 2 unspecified atom stereocenters. The zero-order valence-corrected chi connectivity index (χ0v) is 19.8. The minimum Gasteiger partial charge on any atom is -0.351 e. The number of nitrogens with one attached hydrogen (secondary N) is 1. The Hall–Kier alpha value is -2.74. The first kappa shape index (κ1) is 21.1. The Morgan fingerprint density at radius 3 is 2.50 bits per heavy atom. The molecular weight excluding hydrogens is 511 g/mol. The van der Waals surface area contributed by atoms with Gasteiger partial charge in [0.1, 0.15) is 11.9 Å². The molecule has 1 N–H and O–H groups in total. The van der Waals surface area contributed by atoms with Crippen molar-refractivity contribution in [3.8, 4) is 5.69 Å². The lowest BCUT2D eigenvalue weighted by molar-refractivity contribution is 0.549. The highest BCUT2D eigenvalue weighted by Crippen LogP contribution is 2.42. The fourth-order valence-corrected chi connectivity index (χ4v) is 4.83. The normalized spacial score (nSPS) is 18.1. The smallest absolute Gasteiger partial charge is 0.174 e. The molecule has 2 atom stereocenters. The second-order valence-corrected chi connectivity index (χ2v) is 9.08. The first-order valence-electron chi connectivity index (χ1n) is 9.92. The van der Waals surface area contributed by atoms with Gasteiger partial charge in [-0.25, -0.2) is 4.39 Å². The van der Waals surface area contributed by atoms with Crippen LogP contribution in [0.5, 0.6) is 0 Å². The van der Waals surface area contributed by atoms with Gasteiger partial charge in [0, 0.05) is 33.9 Å². The maximum atomic E-state index is 13.8. The van der Waals surface area contributed by atoms with Gasteiger partial charge >= 0.3 is 0 Å². The van der Waals surface area contributed by atoms with E-state index in [4.69, 9.17) is 23.8 Å². The molecule has 160 valence electrons. The van der Waals surface area contributed by atoms with Gasteiger partial charge in [-0.2, -0.15) is 0 Å². The number of rotatable bonds is 4. The van der Waals surface area contributed by atoms with Crippen LogP contribution in [0.4, 0.5) is 10.1 Å². The van der Waals surface area contributed by atoms with Crippen LogP contribution in [0.2, 0.25) is 5.02 Å². The Bertz CT molecular complexity index is 1280. The highest BCUT2D eigenvalue weighted by molar-refractivity contribution is 9.10. The standard InChI is InChI=1S/C24H17BrClFN4S/c25-15-6-8-16(9-7-15)31-23(22(29-24(31)32)20-4-1-2-12-28-20)21-5-3-13-30(21)17-10-11-19(27)18(26)14-17/h1-14,22-23H,(H,29,32). The van der Waals surface area contributed by atoms with Crippen LogP contribution in [0.3, 0.4) is 0 Å². The number of pyridine rings is 1. The topological polar surface area (TPSA) is 33.1 Å². The van der Waals surface area contributed by atoms with Crippen LogP contribution in [0.25, 0.3) is 5.69 Å². The minimum absolute atomic E-state index is 0.0771. The molecule has 0 spiro atoms. The van der Waals surface area contributed by atoms with Crippen LogP contribution in [0.1, 0.15) is 23.5 Å². The molecule has 1 fully saturated rings. The van der Waals surface area contributed by atoms with Crippen molar-refractivity contribution in [3.05, 3.63) is 112 Å². The Balaban J connectivity index is 1.67. The average Bonchev–Trinajstić information content (AvgIpc) is 3.41. The highest BCUT2D eigenvalue weighted by Gasteiger charge is 2.42. The van der Waals surface area contributed by atoms with Crippen LogP contribution in [-0.2, 0) is 0 Å². The Labute approximate surface area is 203 Å². The predicted molar refractivity (Wildman–Crippen MR) is 133 cm³/mol. The lowest BCUT2D eigenvalue weighted by atomic mass is 10.0. The SMILES string of the molecule is Fc1ccc(-n2cccc2C2C(c3ccccn3)NC(=S)N2c2ccc(Br)cc2)cc1Cl. The first-order chi connectivity index (χ1) is 15.5. The van der Waals surface area contributed by atoms with Crippen molar-refractivity contribution in [2.45, 2.75) is 12.1 Å². The molecule has 1 aliphatic rings. The Kier molecular flexibility index (Phi) is 5.71. The summed E-state index contributed by atoms with van der Waals surface area (Å²) in [5.41, 5.74) is 3.58. The van der Waals surface area contributed by atoms with Gasteiger partial charge in [-0.05, 0) is 78.9 Å². The zero-order chi connectivity index (χ0) is 22.2. The molecule has 0 saturated carbocycles. The van der Waals surface area contributed by atoms with Crippen molar-refractivity contribution in [2.75, 3.05) is 4.90 Å². The summed E-state index contributed by atoms with van der Waals surface area (Å²) in [5.74, 6) is -0.448. The molecule has 4 nitrogen and oxygen atoms in total. The summed E-state index contributed by atoms with van der Waals surface area (Å²) in [6.07, 6.45) is 3.72. The molecule has 4 aromatic rings. The number of halogens is 3. The van der Waals surface area contributed by atoms with Gasteiger partial charge in [-0.15, -0.1) is 0 Å². The van der Waals surface area contributed by atoms with Crippen LogP contribution in [0.15, 0.2) is 89.7 Å². The van der Waals surface area contributed by atoms with Gasteiger partial charge in [-0.3, -0.25) is 4.98 Å². The number of aromatic nitrogens is 2. The zero-order valence-electron chi connectivity index (χ0n) is 16.6. The molecular formula is C24H17BrClFN4S. The molecule has 0 bridgehead atoms. The van der Waals surface area contributed by atoms with Crippen LogP contribution in [0, 0.1) is 5.82 Å². The summed E-state index contributed by atoms with van der Waals surface area (Å²) in [6, 6.07) is 22.2.